The molecule has 1 aromatic carbocycles. The number of aryl methyl sites for hydroxylation is 2. The smallest absolute Gasteiger partial charge is 0.257 e. The summed E-state index contributed by atoms with van der Waals surface area (Å²) in [6.45, 7) is 5.57. The number of amides is 1. The Morgan fingerprint density at radius 2 is 2.08 bits per heavy atom. The maximum Gasteiger partial charge on any atom is 0.257 e. The number of imidazole rings is 1. The number of benzene rings is 1. The highest BCUT2D eigenvalue weighted by molar-refractivity contribution is 5.96. The fraction of sp³-hybridized carbons (Fsp3) is 0.278. The second-order valence-electron chi connectivity index (χ2n) is 5.66. The van der Waals surface area contributed by atoms with Gasteiger partial charge >= 0.3 is 0 Å². The highest BCUT2D eigenvalue weighted by Crippen LogP contribution is 2.20. The van der Waals surface area contributed by atoms with Crippen LogP contribution in [0, 0.1) is 6.92 Å². The molecule has 0 bridgehead atoms. The molecule has 6 heteroatoms. The van der Waals surface area contributed by atoms with Crippen molar-refractivity contribution in [1.29, 1.82) is 0 Å². The third-order valence-corrected chi connectivity index (χ3v) is 3.93. The first-order valence-corrected chi connectivity index (χ1v) is 7.96. The van der Waals surface area contributed by atoms with Crippen molar-refractivity contribution in [2.75, 3.05) is 0 Å². The zero-order valence-electron chi connectivity index (χ0n) is 14.0. The van der Waals surface area contributed by atoms with E-state index in [0.29, 0.717) is 29.3 Å². The molecule has 0 radical (unpaired) electrons. The van der Waals surface area contributed by atoms with Crippen LogP contribution in [0.2, 0.25) is 0 Å². The average molecular weight is 324 g/mol. The molecular formula is C18H20N4O2. The van der Waals surface area contributed by atoms with E-state index in [0.717, 1.165) is 11.3 Å². The Morgan fingerprint density at radius 1 is 1.33 bits per heavy atom. The number of nitrogens with zero attached hydrogens (tertiary/aromatic N) is 2. The lowest BCUT2D eigenvalue weighted by Gasteiger charge is -2.11. The molecule has 0 spiro atoms. The van der Waals surface area contributed by atoms with Gasteiger partial charge in [-0.2, -0.15) is 0 Å². The van der Waals surface area contributed by atoms with Gasteiger partial charge in [0.1, 0.15) is 17.1 Å². The highest BCUT2D eigenvalue weighted by Gasteiger charge is 2.22. The number of aromatic amines is 1. The van der Waals surface area contributed by atoms with Crippen LogP contribution in [0.15, 0.2) is 41.1 Å². The third-order valence-electron chi connectivity index (χ3n) is 3.93. The van der Waals surface area contributed by atoms with Crippen LogP contribution in [0.4, 0.5) is 0 Å². The molecule has 0 saturated heterocycles. The van der Waals surface area contributed by atoms with Gasteiger partial charge in [-0.05, 0) is 25.8 Å². The Balaban J connectivity index is 1.76. The van der Waals surface area contributed by atoms with Gasteiger partial charge in [0.15, 0.2) is 0 Å². The number of carbonyl (C=O) groups is 1. The van der Waals surface area contributed by atoms with Gasteiger partial charge in [-0.1, -0.05) is 42.4 Å². The topological polar surface area (TPSA) is 83.8 Å². The molecule has 2 heterocycles. The van der Waals surface area contributed by atoms with Crippen molar-refractivity contribution in [2.45, 2.75) is 33.2 Å². The zero-order valence-corrected chi connectivity index (χ0v) is 14.0. The van der Waals surface area contributed by atoms with Gasteiger partial charge in [-0.15, -0.1) is 0 Å². The Hall–Kier alpha value is -2.89. The number of hydrogen-bond acceptors (Lipinski definition) is 4. The van der Waals surface area contributed by atoms with Gasteiger partial charge in [0.2, 0.25) is 0 Å². The Bertz CT molecular complexity index is 836. The minimum atomic E-state index is -0.256. The molecule has 0 aliphatic carbocycles. The summed E-state index contributed by atoms with van der Waals surface area (Å²) in [6, 6.07) is 9.68. The van der Waals surface area contributed by atoms with Crippen LogP contribution in [0.5, 0.6) is 0 Å². The van der Waals surface area contributed by atoms with E-state index in [-0.39, 0.29) is 11.9 Å². The van der Waals surface area contributed by atoms with E-state index >= 15 is 0 Å². The molecule has 3 aromatic rings. The molecule has 24 heavy (non-hydrogen) atoms. The van der Waals surface area contributed by atoms with Crippen molar-refractivity contribution >= 4 is 5.91 Å². The van der Waals surface area contributed by atoms with E-state index < -0.39 is 0 Å². The lowest BCUT2D eigenvalue weighted by molar-refractivity contribution is 0.0936. The molecule has 2 aromatic heterocycles. The summed E-state index contributed by atoms with van der Waals surface area (Å²) in [6.07, 6.45) is 2.42. The molecule has 0 unspecified atom stereocenters. The first kappa shape index (κ1) is 16.0. The number of H-pyrrole nitrogens is 1. The predicted octanol–water partition coefficient (Wildman–Crippen LogP) is 3.43. The number of carbonyl (C=O) groups excluding carboxylic acids is 1. The number of nitrogens with one attached hydrogen (secondary N) is 2. The summed E-state index contributed by atoms with van der Waals surface area (Å²) in [5, 5.41) is 6.87. The van der Waals surface area contributed by atoms with Crippen LogP contribution in [0.25, 0.3) is 11.3 Å². The molecule has 0 saturated carbocycles. The lowest BCUT2D eigenvalue weighted by atomic mass is 10.1. The molecule has 0 fully saturated rings. The van der Waals surface area contributed by atoms with Crippen molar-refractivity contribution in [3.8, 4) is 11.3 Å². The minimum absolute atomic E-state index is 0.198. The van der Waals surface area contributed by atoms with Crippen molar-refractivity contribution in [3.05, 3.63) is 59.4 Å². The van der Waals surface area contributed by atoms with E-state index in [1.54, 1.807) is 13.1 Å². The molecule has 0 aliphatic heterocycles. The summed E-state index contributed by atoms with van der Waals surface area (Å²) in [4.78, 5) is 20.2. The summed E-state index contributed by atoms with van der Waals surface area (Å²) >= 11 is 0. The van der Waals surface area contributed by atoms with Crippen LogP contribution < -0.4 is 5.32 Å². The van der Waals surface area contributed by atoms with E-state index in [2.05, 4.69) is 20.4 Å². The minimum Gasteiger partial charge on any atom is -0.361 e. The fourth-order valence-electron chi connectivity index (χ4n) is 2.61. The normalized spacial score (nSPS) is 12.1. The molecule has 3 rings (SSSR count). The SMILES string of the molecule is CCc1noc(C)c1C(=O)N[C@H](C)c1ncc(-c2ccccc2)[nH]1. The van der Waals surface area contributed by atoms with Crippen LogP contribution in [0.1, 0.15) is 47.5 Å². The second kappa shape index (κ2) is 6.70. The fourth-order valence-corrected chi connectivity index (χ4v) is 2.61. The molecule has 6 nitrogen and oxygen atoms in total. The zero-order chi connectivity index (χ0) is 17.1. The maximum atomic E-state index is 12.5. The maximum absolute atomic E-state index is 12.5. The summed E-state index contributed by atoms with van der Waals surface area (Å²) in [5.41, 5.74) is 3.15. The van der Waals surface area contributed by atoms with Crippen LogP contribution in [-0.2, 0) is 6.42 Å². The van der Waals surface area contributed by atoms with E-state index in [4.69, 9.17) is 4.52 Å². The Labute approximate surface area is 140 Å². The van der Waals surface area contributed by atoms with E-state index in [1.807, 2.05) is 44.2 Å². The summed E-state index contributed by atoms with van der Waals surface area (Å²) in [5.74, 6) is 1.03. The molecule has 2 N–H and O–H groups in total. The lowest BCUT2D eigenvalue weighted by Crippen LogP contribution is -2.28. The largest absolute Gasteiger partial charge is 0.361 e. The standard InChI is InChI=1S/C18H20N4O2/c1-4-14-16(12(3)24-22-14)18(23)20-11(2)17-19-10-15(21-17)13-8-6-5-7-9-13/h5-11H,4H2,1-3H3,(H,19,21)(H,20,23)/t11-/m1/s1. The van der Waals surface area contributed by atoms with Crippen LogP contribution in [-0.4, -0.2) is 21.0 Å². The third kappa shape index (κ3) is 3.08. The van der Waals surface area contributed by atoms with Crippen LogP contribution in [0.3, 0.4) is 0 Å². The molecular weight excluding hydrogens is 304 g/mol. The number of rotatable bonds is 5. The van der Waals surface area contributed by atoms with Crippen molar-refractivity contribution < 1.29 is 9.32 Å². The van der Waals surface area contributed by atoms with Gasteiger partial charge in [-0.3, -0.25) is 4.79 Å². The summed E-state index contributed by atoms with van der Waals surface area (Å²) in [7, 11) is 0. The van der Waals surface area contributed by atoms with Crippen molar-refractivity contribution in [2.24, 2.45) is 0 Å². The quantitative estimate of drug-likeness (QED) is 0.753. The monoisotopic (exact) mass is 324 g/mol. The predicted molar refractivity (Wildman–Crippen MR) is 90.5 cm³/mol. The van der Waals surface area contributed by atoms with Gasteiger partial charge in [0.25, 0.3) is 5.91 Å². The average Bonchev–Trinajstić information content (AvgIpc) is 3.22. The molecule has 124 valence electrons. The van der Waals surface area contributed by atoms with Gasteiger partial charge < -0.3 is 14.8 Å². The first-order chi connectivity index (χ1) is 11.6. The molecule has 1 amide bonds. The van der Waals surface area contributed by atoms with Gasteiger partial charge in [-0.25, -0.2) is 4.98 Å². The second-order valence-corrected chi connectivity index (χ2v) is 5.66. The highest BCUT2D eigenvalue weighted by atomic mass is 16.5. The van der Waals surface area contributed by atoms with E-state index in [1.165, 1.54) is 0 Å². The van der Waals surface area contributed by atoms with Crippen molar-refractivity contribution in [3.63, 3.8) is 0 Å². The van der Waals surface area contributed by atoms with Crippen LogP contribution >= 0.6 is 0 Å². The van der Waals surface area contributed by atoms with Gasteiger partial charge in [0, 0.05) is 0 Å². The van der Waals surface area contributed by atoms with Gasteiger partial charge in [0.05, 0.1) is 23.6 Å². The Morgan fingerprint density at radius 3 is 2.79 bits per heavy atom. The number of aromatic nitrogens is 3. The van der Waals surface area contributed by atoms with Crippen molar-refractivity contribution in [1.82, 2.24) is 20.4 Å². The first-order valence-electron chi connectivity index (χ1n) is 7.96. The van der Waals surface area contributed by atoms with E-state index in [9.17, 15) is 4.79 Å². The Kier molecular flexibility index (Phi) is 4.46. The number of hydrogen-bond donors (Lipinski definition) is 2. The summed E-state index contributed by atoms with van der Waals surface area (Å²) < 4.78 is 5.12. The molecule has 1 atom stereocenters. The molecule has 0 aliphatic rings.